The van der Waals surface area contributed by atoms with Gasteiger partial charge in [-0.2, -0.15) is 0 Å². The van der Waals surface area contributed by atoms with Crippen LogP contribution in [0.5, 0.6) is 0 Å². The molecule has 1 fully saturated rings. The van der Waals surface area contributed by atoms with E-state index in [4.69, 9.17) is 15.1 Å². The third-order valence-electron chi connectivity index (χ3n) is 5.20. The molecule has 0 bridgehead atoms. The molecule has 1 N–H and O–H groups in total. The van der Waals surface area contributed by atoms with Crippen molar-refractivity contribution in [1.82, 2.24) is 30.0 Å². The van der Waals surface area contributed by atoms with Gasteiger partial charge < -0.3 is 0 Å². The summed E-state index contributed by atoms with van der Waals surface area (Å²) >= 11 is 1.57. The zero-order valence-electron chi connectivity index (χ0n) is 15.6. The van der Waals surface area contributed by atoms with Crippen molar-refractivity contribution in [2.75, 3.05) is 0 Å². The lowest BCUT2D eigenvalue weighted by molar-refractivity contribution is 0.384. The molecule has 2 aliphatic rings. The Morgan fingerprint density at radius 3 is 2.62 bits per heavy atom. The summed E-state index contributed by atoms with van der Waals surface area (Å²) in [5.41, 5.74) is 4.35. The van der Waals surface area contributed by atoms with Crippen molar-refractivity contribution in [1.29, 1.82) is 0 Å². The van der Waals surface area contributed by atoms with Gasteiger partial charge in [-0.05, 0) is 48.4 Å². The normalized spacial score (nSPS) is 17.6. The van der Waals surface area contributed by atoms with Gasteiger partial charge in [0.15, 0.2) is 11.0 Å². The number of pyridine rings is 2. The van der Waals surface area contributed by atoms with Crippen molar-refractivity contribution in [3.8, 4) is 22.5 Å². The third kappa shape index (κ3) is 3.12. The highest BCUT2D eigenvalue weighted by Gasteiger charge is 2.34. The zero-order chi connectivity index (χ0) is 19.2. The maximum absolute atomic E-state index is 4.84. The monoisotopic (exact) mass is 398 g/mol. The summed E-state index contributed by atoms with van der Waals surface area (Å²) in [6.07, 6.45) is 7.84. The molecule has 0 radical (unpaired) electrons. The van der Waals surface area contributed by atoms with Crippen LogP contribution in [0.1, 0.15) is 24.6 Å². The van der Waals surface area contributed by atoms with Gasteiger partial charge in [-0.1, -0.05) is 30.3 Å². The highest BCUT2D eigenvalue weighted by atomic mass is 32.2. The number of aromatic nitrogens is 5. The van der Waals surface area contributed by atoms with Crippen LogP contribution in [0.15, 0.2) is 77.3 Å². The number of fused-ring (bicyclic) bond motifs is 2. The minimum atomic E-state index is -0.0668. The summed E-state index contributed by atoms with van der Waals surface area (Å²) in [4.78, 5) is 13.8. The zero-order valence-corrected chi connectivity index (χ0v) is 16.4. The van der Waals surface area contributed by atoms with Gasteiger partial charge in [0, 0.05) is 41.3 Å². The molecule has 7 heteroatoms. The number of benzene rings is 1. The van der Waals surface area contributed by atoms with Crippen molar-refractivity contribution >= 4 is 11.8 Å². The predicted octanol–water partition coefficient (Wildman–Crippen LogP) is 4.17. The van der Waals surface area contributed by atoms with Crippen LogP contribution in [0.25, 0.3) is 22.5 Å². The summed E-state index contributed by atoms with van der Waals surface area (Å²) in [7, 11) is 0. The molecule has 0 saturated heterocycles. The quantitative estimate of drug-likeness (QED) is 0.557. The Balaban J connectivity index is 1.45. The topological polar surface area (TPSA) is 68.5 Å². The molecule has 3 aromatic heterocycles. The fourth-order valence-electron chi connectivity index (χ4n) is 3.55. The second-order valence-corrected chi connectivity index (χ2v) is 8.29. The molecule has 4 aromatic rings. The van der Waals surface area contributed by atoms with Gasteiger partial charge in [0.1, 0.15) is 11.2 Å². The molecule has 4 heterocycles. The second-order valence-electron chi connectivity index (χ2n) is 7.33. The molecule has 1 aliphatic heterocycles. The SMILES string of the molecule is c1ccc(-c2cnc3c(c2)C(NC2CC2)n2nc(-c4cccnc4)nc2S3)cc1. The summed E-state index contributed by atoms with van der Waals surface area (Å²) < 4.78 is 2.00. The Bertz CT molecular complexity index is 1170. The van der Waals surface area contributed by atoms with Gasteiger partial charge >= 0.3 is 0 Å². The number of hydrogen-bond donors (Lipinski definition) is 1. The molecule has 29 heavy (non-hydrogen) atoms. The van der Waals surface area contributed by atoms with E-state index in [1.54, 1.807) is 24.2 Å². The number of hydrogen-bond acceptors (Lipinski definition) is 6. The predicted molar refractivity (Wildman–Crippen MR) is 111 cm³/mol. The van der Waals surface area contributed by atoms with Gasteiger partial charge in [-0.25, -0.2) is 14.6 Å². The maximum Gasteiger partial charge on any atom is 0.194 e. The lowest BCUT2D eigenvalue weighted by Gasteiger charge is -2.26. The van der Waals surface area contributed by atoms with E-state index in [9.17, 15) is 0 Å². The van der Waals surface area contributed by atoms with Crippen molar-refractivity contribution in [2.45, 2.75) is 35.2 Å². The Labute approximate surface area is 172 Å². The number of nitrogens with one attached hydrogen (secondary N) is 1. The van der Waals surface area contributed by atoms with Crippen LogP contribution in [-0.4, -0.2) is 30.8 Å². The highest BCUT2D eigenvalue weighted by molar-refractivity contribution is 7.99. The summed E-state index contributed by atoms with van der Waals surface area (Å²) in [5, 5.41) is 10.4. The first kappa shape index (κ1) is 16.9. The minimum absolute atomic E-state index is 0.0668. The molecule has 6 nitrogen and oxygen atoms in total. The smallest absolute Gasteiger partial charge is 0.194 e. The largest absolute Gasteiger partial charge is 0.289 e. The van der Waals surface area contributed by atoms with Crippen LogP contribution >= 0.6 is 11.8 Å². The average molecular weight is 398 g/mol. The van der Waals surface area contributed by atoms with E-state index in [0.717, 1.165) is 26.9 Å². The van der Waals surface area contributed by atoms with Crippen LogP contribution in [0.4, 0.5) is 0 Å². The first-order valence-electron chi connectivity index (χ1n) is 9.71. The molecule has 1 atom stereocenters. The number of rotatable bonds is 4. The lowest BCUT2D eigenvalue weighted by Crippen LogP contribution is -2.33. The van der Waals surface area contributed by atoms with Crippen LogP contribution in [0.2, 0.25) is 0 Å². The Kier molecular flexibility index (Phi) is 3.95. The van der Waals surface area contributed by atoms with Crippen molar-refractivity contribution < 1.29 is 0 Å². The Morgan fingerprint density at radius 2 is 1.83 bits per heavy atom. The van der Waals surface area contributed by atoms with E-state index >= 15 is 0 Å². The van der Waals surface area contributed by atoms with Crippen molar-refractivity contribution in [2.24, 2.45) is 0 Å². The van der Waals surface area contributed by atoms with Crippen LogP contribution in [0.3, 0.4) is 0 Å². The van der Waals surface area contributed by atoms with Gasteiger partial charge in [-0.3, -0.25) is 10.3 Å². The molecular weight excluding hydrogens is 380 g/mol. The molecule has 0 spiro atoms. The standard InChI is InChI=1S/C22H18N6S/c1-2-5-14(6-3-1)16-11-18-20(25-17-8-9-17)28-22(29-21(18)24-13-16)26-19(27-28)15-7-4-10-23-12-15/h1-7,10-13,17,20,25H,8-9H2. The third-order valence-corrected chi connectivity index (χ3v) is 6.20. The van der Waals surface area contributed by atoms with Crippen LogP contribution < -0.4 is 5.32 Å². The van der Waals surface area contributed by atoms with Crippen LogP contribution in [-0.2, 0) is 0 Å². The molecule has 6 rings (SSSR count). The van der Waals surface area contributed by atoms with E-state index in [0.29, 0.717) is 11.9 Å². The maximum atomic E-state index is 4.84. The molecule has 142 valence electrons. The van der Waals surface area contributed by atoms with E-state index in [-0.39, 0.29) is 6.17 Å². The molecule has 1 aromatic carbocycles. The average Bonchev–Trinajstić information content (AvgIpc) is 3.50. The molecular formula is C22H18N6S. The second kappa shape index (κ2) is 6.79. The summed E-state index contributed by atoms with van der Waals surface area (Å²) in [6, 6.07) is 17.0. The van der Waals surface area contributed by atoms with E-state index in [2.05, 4.69) is 40.6 Å². The fraction of sp³-hybridized carbons (Fsp3) is 0.182. The minimum Gasteiger partial charge on any atom is -0.289 e. The van der Waals surface area contributed by atoms with E-state index < -0.39 is 0 Å². The molecule has 0 amide bonds. The molecule has 1 aliphatic carbocycles. The van der Waals surface area contributed by atoms with Gasteiger partial charge in [0.05, 0.1) is 0 Å². The van der Waals surface area contributed by atoms with Crippen molar-refractivity contribution in [3.05, 3.63) is 72.7 Å². The Hall–Kier alpha value is -3.03. The first-order chi connectivity index (χ1) is 14.3. The van der Waals surface area contributed by atoms with Gasteiger partial charge in [-0.15, -0.1) is 5.10 Å². The van der Waals surface area contributed by atoms with Gasteiger partial charge in [0.2, 0.25) is 0 Å². The van der Waals surface area contributed by atoms with Crippen LogP contribution in [0, 0.1) is 0 Å². The number of nitrogens with zero attached hydrogens (tertiary/aromatic N) is 5. The van der Waals surface area contributed by atoms with Gasteiger partial charge in [0.25, 0.3) is 0 Å². The highest BCUT2D eigenvalue weighted by Crippen LogP contribution is 2.41. The van der Waals surface area contributed by atoms with Crippen molar-refractivity contribution in [3.63, 3.8) is 0 Å². The van der Waals surface area contributed by atoms with E-state index in [1.807, 2.05) is 29.1 Å². The molecule has 1 saturated carbocycles. The fourth-order valence-corrected chi connectivity index (χ4v) is 4.49. The van der Waals surface area contributed by atoms with E-state index in [1.165, 1.54) is 18.4 Å². The Morgan fingerprint density at radius 1 is 0.966 bits per heavy atom. The molecule has 1 unspecified atom stereocenters. The first-order valence-corrected chi connectivity index (χ1v) is 10.5. The summed E-state index contributed by atoms with van der Waals surface area (Å²) in [5.74, 6) is 0.694. The summed E-state index contributed by atoms with van der Waals surface area (Å²) in [6.45, 7) is 0. The lowest BCUT2D eigenvalue weighted by atomic mass is 10.0.